The summed E-state index contributed by atoms with van der Waals surface area (Å²) in [6.45, 7) is 5.47. The molecule has 9 heteroatoms. The fourth-order valence-electron chi connectivity index (χ4n) is 3.18. The van der Waals surface area contributed by atoms with Crippen LogP contribution in [0.4, 0.5) is 0 Å². The summed E-state index contributed by atoms with van der Waals surface area (Å²) in [7, 11) is 0. The number of carboxylic acids is 1. The molecule has 1 fully saturated rings. The maximum absolute atomic E-state index is 12.2. The number of hydrogen-bond acceptors (Lipinski definition) is 8. The Bertz CT molecular complexity index is 575. The number of hydrogen-bond donors (Lipinski definition) is 1. The highest BCUT2D eigenvalue weighted by Crippen LogP contribution is 2.28. The van der Waals surface area contributed by atoms with Crippen LogP contribution in [0.15, 0.2) is 0 Å². The maximum atomic E-state index is 12.2. The van der Waals surface area contributed by atoms with E-state index in [0.717, 1.165) is 0 Å². The second-order valence-electron chi connectivity index (χ2n) is 7.35. The van der Waals surface area contributed by atoms with Crippen LogP contribution in [-0.2, 0) is 38.1 Å². The van der Waals surface area contributed by atoms with Crippen molar-refractivity contribution in [3.8, 4) is 0 Å². The topological polar surface area (TPSA) is 125 Å². The second-order valence-corrected chi connectivity index (χ2v) is 7.35. The molecule has 4 atom stereocenters. The molecule has 172 valence electrons. The van der Waals surface area contributed by atoms with Gasteiger partial charge in [-0.3, -0.25) is 19.2 Å². The Morgan fingerprint density at radius 1 is 0.800 bits per heavy atom. The van der Waals surface area contributed by atoms with Gasteiger partial charge in [0.05, 0.1) is 12.7 Å². The van der Waals surface area contributed by atoms with Crippen molar-refractivity contribution >= 4 is 23.9 Å². The number of carbonyl (C=O) groups is 4. The Hall–Kier alpha value is -2.16. The lowest BCUT2D eigenvalue weighted by atomic mass is 9.95. The van der Waals surface area contributed by atoms with Gasteiger partial charge in [0.2, 0.25) is 0 Å². The predicted molar refractivity (Wildman–Crippen MR) is 106 cm³/mol. The minimum atomic E-state index is -1.01. The lowest BCUT2D eigenvalue weighted by Crippen LogP contribution is -2.57. The van der Waals surface area contributed by atoms with Crippen molar-refractivity contribution in [2.75, 3.05) is 6.61 Å². The summed E-state index contributed by atoms with van der Waals surface area (Å²) in [5, 5.41) is 8.89. The Labute approximate surface area is 177 Å². The van der Waals surface area contributed by atoms with Crippen molar-refractivity contribution < 1.29 is 43.2 Å². The molecule has 1 aliphatic heterocycles. The molecule has 0 aromatic carbocycles. The Morgan fingerprint density at radius 3 is 1.80 bits per heavy atom. The van der Waals surface area contributed by atoms with Crippen LogP contribution < -0.4 is 0 Å². The lowest BCUT2D eigenvalue weighted by molar-refractivity contribution is -0.228. The molecule has 0 saturated carbocycles. The third kappa shape index (κ3) is 9.11. The second kappa shape index (κ2) is 14.0. The van der Waals surface area contributed by atoms with Gasteiger partial charge in [0.25, 0.3) is 0 Å². The van der Waals surface area contributed by atoms with Gasteiger partial charge in [0.15, 0.2) is 18.3 Å². The van der Waals surface area contributed by atoms with Crippen molar-refractivity contribution in [2.45, 2.75) is 103 Å². The van der Waals surface area contributed by atoms with Crippen molar-refractivity contribution in [3.63, 3.8) is 0 Å². The van der Waals surface area contributed by atoms with Crippen LogP contribution in [0.25, 0.3) is 0 Å². The summed E-state index contributed by atoms with van der Waals surface area (Å²) < 4.78 is 22.4. The van der Waals surface area contributed by atoms with Crippen molar-refractivity contribution in [1.82, 2.24) is 0 Å². The monoisotopic (exact) mass is 430 g/mol. The summed E-state index contributed by atoms with van der Waals surface area (Å²) in [6, 6.07) is 0. The number of carboxylic acid groups (broad SMARTS) is 1. The third-order valence-corrected chi connectivity index (χ3v) is 4.59. The van der Waals surface area contributed by atoms with E-state index in [-0.39, 0.29) is 32.3 Å². The van der Waals surface area contributed by atoms with E-state index in [1.807, 2.05) is 20.8 Å². The van der Waals surface area contributed by atoms with E-state index in [1.54, 1.807) is 0 Å². The third-order valence-electron chi connectivity index (χ3n) is 4.59. The van der Waals surface area contributed by atoms with E-state index in [1.165, 1.54) is 0 Å². The zero-order valence-electron chi connectivity index (χ0n) is 18.1. The zero-order valence-corrected chi connectivity index (χ0v) is 18.1. The molecule has 0 amide bonds. The molecule has 0 radical (unpaired) electrons. The number of esters is 3. The predicted octanol–water partition coefficient (Wildman–Crippen LogP) is 2.78. The summed E-state index contributed by atoms with van der Waals surface area (Å²) in [4.78, 5) is 47.3. The van der Waals surface area contributed by atoms with E-state index in [4.69, 9.17) is 24.1 Å². The van der Waals surface area contributed by atoms with Crippen molar-refractivity contribution in [2.24, 2.45) is 0 Å². The Morgan fingerprint density at radius 2 is 1.30 bits per heavy atom. The molecule has 9 nitrogen and oxygen atoms in total. The normalized spacial score (nSPS) is 23.4. The summed E-state index contributed by atoms with van der Waals surface area (Å²) >= 11 is 0. The molecule has 0 aromatic rings. The highest BCUT2D eigenvalue weighted by Gasteiger charge is 2.47. The zero-order chi connectivity index (χ0) is 22.5. The van der Waals surface area contributed by atoms with Gasteiger partial charge in [-0.15, -0.1) is 0 Å². The molecular formula is C21H34O9. The van der Waals surface area contributed by atoms with Gasteiger partial charge in [-0.05, 0) is 32.1 Å². The van der Waals surface area contributed by atoms with Crippen LogP contribution in [0.2, 0.25) is 0 Å². The van der Waals surface area contributed by atoms with Crippen LogP contribution >= 0.6 is 0 Å². The number of ether oxygens (including phenoxy) is 4. The van der Waals surface area contributed by atoms with Gasteiger partial charge < -0.3 is 24.1 Å². The highest BCUT2D eigenvalue weighted by atomic mass is 16.6. The fraction of sp³-hybridized carbons (Fsp3) is 0.810. The largest absolute Gasteiger partial charge is 0.481 e. The first-order valence-electron chi connectivity index (χ1n) is 10.7. The van der Waals surface area contributed by atoms with Gasteiger partial charge in [0.1, 0.15) is 0 Å². The van der Waals surface area contributed by atoms with Crippen LogP contribution in [0.3, 0.4) is 0 Å². The number of aliphatic carboxylic acids is 1. The minimum absolute atomic E-state index is 0.0287. The molecule has 1 rings (SSSR count). The van der Waals surface area contributed by atoms with Gasteiger partial charge in [-0.1, -0.05) is 20.8 Å². The summed E-state index contributed by atoms with van der Waals surface area (Å²) in [5.74, 6) is -2.36. The first-order chi connectivity index (χ1) is 14.3. The van der Waals surface area contributed by atoms with E-state index < -0.39 is 48.3 Å². The molecule has 0 unspecified atom stereocenters. The molecular weight excluding hydrogens is 396 g/mol. The number of rotatable bonds is 13. The standard InChI is InChI=1S/C21H34O9/c1-4-8-17(24)28-15-13-27-14(11-7-12-16(22)23)20(29-18(25)9-5-2)21(15)30-19(26)10-6-3/h14-15,20-21H,4-13H2,1-3H3,(H,22,23)/t14-,15-,20-,21+/m1/s1. The van der Waals surface area contributed by atoms with E-state index in [9.17, 15) is 19.2 Å². The van der Waals surface area contributed by atoms with Gasteiger partial charge >= 0.3 is 23.9 Å². The first-order valence-corrected chi connectivity index (χ1v) is 10.7. The van der Waals surface area contributed by atoms with Crippen molar-refractivity contribution in [3.05, 3.63) is 0 Å². The van der Waals surface area contributed by atoms with Crippen LogP contribution in [-0.4, -0.2) is 60.0 Å². The van der Waals surface area contributed by atoms with Crippen molar-refractivity contribution in [1.29, 1.82) is 0 Å². The molecule has 0 bridgehead atoms. The fourth-order valence-corrected chi connectivity index (χ4v) is 3.18. The highest BCUT2D eigenvalue weighted by molar-refractivity contribution is 5.71. The molecule has 1 aliphatic rings. The molecule has 1 saturated heterocycles. The Kier molecular flexibility index (Phi) is 12.0. The molecule has 30 heavy (non-hydrogen) atoms. The van der Waals surface area contributed by atoms with E-state index in [2.05, 4.69) is 0 Å². The van der Waals surface area contributed by atoms with Gasteiger partial charge in [-0.25, -0.2) is 0 Å². The molecule has 0 aromatic heterocycles. The Balaban J connectivity index is 3.06. The molecule has 1 heterocycles. The van der Waals surface area contributed by atoms with Gasteiger partial charge in [0, 0.05) is 25.7 Å². The SMILES string of the molecule is CCCC(=O)O[C@@H]1[C@H](OC(=O)CCC)[C@@H](CCCC(=O)O)OC[C@H]1OC(=O)CCC. The molecule has 0 spiro atoms. The lowest BCUT2D eigenvalue weighted by Gasteiger charge is -2.41. The van der Waals surface area contributed by atoms with Crippen LogP contribution in [0.5, 0.6) is 0 Å². The molecule has 1 N–H and O–H groups in total. The average molecular weight is 430 g/mol. The smallest absolute Gasteiger partial charge is 0.306 e. The summed E-state index contributed by atoms with van der Waals surface area (Å²) in [6.07, 6.45) is -0.715. The van der Waals surface area contributed by atoms with Crippen LogP contribution in [0.1, 0.15) is 78.6 Å². The van der Waals surface area contributed by atoms with Crippen LogP contribution in [0, 0.1) is 0 Å². The van der Waals surface area contributed by atoms with E-state index in [0.29, 0.717) is 32.1 Å². The maximum Gasteiger partial charge on any atom is 0.306 e. The quantitative estimate of drug-likeness (QED) is 0.347. The average Bonchev–Trinajstić information content (AvgIpc) is 2.66. The number of carbonyl (C=O) groups excluding carboxylic acids is 3. The first kappa shape index (κ1) is 25.9. The summed E-state index contributed by atoms with van der Waals surface area (Å²) in [5.41, 5.74) is 0. The molecule has 0 aliphatic carbocycles. The van der Waals surface area contributed by atoms with E-state index >= 15 is 0 Å². The minimum Gasteiger partial charge on any atom is -0.481 e. The van der Waals surface area contributed by atoms with Gasteiger partial charge in [-0.2, -0.15) is 0 Å².